The minimum absolute atomic E-state index is 0.0814. The van der Waals surface area contributed by atoms with Gasteiger partial charge in [-0.2, -0.15) is 0 Å². The summed E-state index contributed by atoms with van der Waals surface area (Å²) in [5, 5.41) is 8.64. The van der Waals surface area contributed by atoms with Crippen LogP contribution in [0.25, 0.3) is 11.0 Å². The fraction of sp³-hybridized carbons (Fsp3) is 0.269. The summed E-state index contributed by atoms with van der Waals surface area (Å²) in [5.74, 6) is -0.445. The molecule has 2 aromatic carbocycles. The number of pyridine rings is 1. The second-order valence-electron chi connectivity index (χ2n) is 8.37. The zero-order valence-electron chi connectivity index (χ0n) is 21.3. The van der Waals surface area contributed by atoms with Crippen molar-refractivity contribution in [3.8, 4) is 11.5 Å². The average Bonchev–Trinajstić information content (AvgIpc) is 3.33. The molecule has 0 amide bonds. The van der Waals surface area contributed by atoms with Crippen molar-refractivity contribution < 1.29 is 36.7 Å². The van der Waals surface area contributed by atoms with E-state index in [0.717, 1.165) is 3.97 Å². The number of para-hydroxylation sites is 2. The van der Waals surface area contributed by atoms with Crippen LogP contribution in [0.2, 0.25) is 0 Å². The smallest absolute Gasteiger partial charge is 0.341 e. The summed E-state index contributed by atoms with van der Waals surface area (Å²) in [4.78, 5) is 19.4. The third-order valence-corrected chi connectivity index (χ3v) is 8.75. The topological polar surface area (TPSA) is 147 Å². The summed E-state index contributed by atoms with van der Waals surface area (Å²) >= 11 is 0. The molecule has 1 N–H and O–H groups in total. The number of benzene rings is 2. The number of aromatic nitrogens is 3. The highest BCUT2D eigenvalue weighted by atomic mass is 32.2. The van der Waals surface area contributed by atoms with Gasteiger partial charge in [0.2, 0.25) is 5.16 Å². The molecule has 0 aliphatic carbocycles. The normalized spacial score (nSPS) is 12.4. The van der Waals surface area contributed by atoms with Crippen molar-refractivity contribution in [3.05, 3.63) is 72.1 Å². The SMILES string of the molecule is COCCCOc1ccnc(CS(=O)c2nc3ccccc3n2S(=O)(=O)c2ccc(OCC(=O)O)cc2)c1C. The van der Waals surface area contributed by atoms with Gasteiger partial charge < -0.3 is 19.3 Å². The predicted octanol–water partition coefficient (Wildman–Crippen LogP) is 3.16. The minimum atomic E-state index is -4.24. The summed E-state index contributed by atoms with van der Waals surface area (Å²) < 4.78 is 58.1. The maximum atomic E-state index is 13.8. The van der Waals surface area contributed by atoms with Crippen LogP contribution >= 0.6 is 0 Å². The van der Waals surface area contributed by atoms with E-state index in [4.69, 9.17) is 19.3 Å². The fourth-order valence-electron chi connectivity index (χ4n) is 3.75. The zero-order valence-corrected chi connectivity index (χ0v) is 22.9. The van der Waals surface area contributed by atoms with Crippen LogP contribution in [0.15, 0.2) is 70.8 Å². The monoisotopic (exact) mass is 573 g/mol. The molecule has 39 heavy (non-hydrogen) atoms. The van der Waals surface area contributed by atoms with Crippen molar-refractivity contribution in [2.75, 3.05) is 26.9 Å². The number of aliphatic carboxylic acids is 1. The molecule has 2 heterocycles. The quantitative estimate of drug-likeness (QED) is 0.237. The first-order valence-electron chi connectivity index (χ1n) is 11.8. The number of hydrogen-bond donors (Lipinski definition) is 1. The molecule has 11 nitrogen and oxygen atoms in total. The molecule has 206 valence electrons. The van der Waals surface area contributed by atoms with Gasteiger partial charge >= 0.3 is 5.97 Å². The highest BCUT2D eigenvalue weighted by Gasteiger charge is 2.28. The molecular weight excluding hydrogens is 546 g/mol. The van der Waals surface area contributed by atoms with E-state index in [1.54, 1.807) is 50.6 Å². The fourth-order valence-corrected chi connectivity index (χ4v) is 6.80. The van der Waals surface area contributed by atoms with Crippen LogP contribution in [0.4, 0.5) is 0 Å². The van der Waals surface area contributed by atoms with Gasteiger partial charge in [0, 0.05) is 31.9 Å². The first-order valence-corrected chi connectivity index (χ1v) is 14.6. The average molecular weight is 574 g/mol. The number of fused-ring (bicyclic) bond motifs is 1. The molecule has 1 atom stereocenters. The Bertz CT molecular complexity index is 1600. The lowest BCUT2D eigenvalue weighted by molar-refractivity contribution is -0.139. The van der Waals surface area contributed by atoms with Crippen LogP contribution in [0, 0.1) is 6.92 Å². The van der Waals surface area contributed by atoms with Gasteiger partial charge in [-0.25, -0.2) is 22.2 Å². The molecule has 0 saturated heterocycles. The van der Waals surface area contributed by atoms with Crippen molar-refractivity contribution in [3.63, 3.8) is 0 Å². The van der Waals surface area contributed by atoms with Crippen molar-refractivity contribution in [2.24, 2.45) is 0 Å². The van der Waals surface area contributed by atoms with Gasteiger partial charge in [0.1, 0.15) is 11.5 Å². The maximum absolute atomic E-state index is 13.8. The Morgan fingerprint density at radius 3 is 2.51 bits per heavy atom. The molecule has 0 fully saturated rings. The van der Waals surface area contributed by atoms with E-state index in [-0.39, 0.29) is 27.1 Å². The van der Waals surface area contributed by atoms with Gasteiger partial charge in [-0.15, -0.1) is 0 Å². The van der Waals surface area contributed by atoms with Crippen molar-refractivity contribution in [1.29, 1.82) is 0 Å². The Morgan fingerprint density at radius 2 is 1.79 bits per heavy atom. The molecule has 4 aromatic rings. The molecule has 2 aromatic heterocycles. The van der Waals surface area contributed by atoms with Crippen molar-refractivity contribution >= 4 is 37.8 Å². The molecular formula is C26H27N3O8S2. The number of carboxylic acids is 1. The lowest BCUT2D eigenvalue weighted by Gasteiger charge is -2.13. The van der Waals surface area contributed by atoms with E-state index in [2.05, 4.69) is 9.97 Å². The van der Waals surface area contributed by atoms with E-state index in [1.807, 2.05) is 0 Å². The van der Waals surface area contributed by atoms with Crippen molar-refractivity contribution in [2.45, 2.75) is 29.1 Å². The largest absolute Gasteiger partial charge is 0.493 e. The van der Waals surface area contributed by atoms with Crippen LogP contribution in [0.1, 0.15) is 17.7 Å². The van der Waals surface area contributed by atoms with Crippen LogP contribution in [0.3, 0.4) is 0 Å². The summed E-state index contributed by atoms with van der Waals surface area (Å²) in [6.07, 6.45) is 2.26. The third kappa shape index (κ3) is 6.44. The zero-order chi connectivity index (χ0) is 28.0. The maximum Gasteiger partial charge on any atom is 0.341 e. The number of rotatable bonds is 13. The van der Waals surface area contributed by atoms with Gasteiger partial charge in [0.05, 0.1) is 44.8 Å². The Morgan fingerprint density at radius 1 is 1.05 bits per heavy atom. The highest BCUT2D eigenvalue weighted by molar-refractivity contribution is 7.91. The van der Waals surface area contributed by atoms with Crippen LogP contribution in [0.5, 0.6) is 11.5 Å². The first-order chi connectivity index (χ1) is 18.7. The number of hydrogen-bond acceptors (Lipinski definition) is 9. The van der Waals surface area contributed by atoms with Gasteiger partial charge in [-0.05, 0) is 49.4 Å². The molecule has 4 rings (SSSR count). The van der Waals surface area contributed by atoms with Gasteiger partial charge in [0.25, 0.3) is 10.0 Å². The summed E-state index contributed by atoms with van der Waals surface area (Å²) in [7, 11) is -4.52. The highest BCUT2D eigenvalue weighted by Crippen LogP contribution is 2.28. The first kappa shape index (κ1) is 28.2. The van der Waals surface area contributed by atoms with Gasteiger partial charge in [-0.1, -0.05) is 12.1 Å². The molecule has 0 aliphatic rings. The van der Waals surface area contributed by atoms with Crippen LogP contribution in [-0.4, -0.2) is 64.6 Å². The lowest BCUT2D eigenvalue weighted by atomic mass is 10.2. The number of ether oxygens (including phenoxy) is 3. The van der Waals surface area contributed by atoms with E-state index < -0.39 is 33.4 Å². The molecule has 0 radical (unpaired) electrons. The van der Waals surface area contributed by atoms with E-state index >= 15 is 0 Å². The Labute approximate surface area is 227 Å². The second kappa shape index (κ2) is 12.4. The summed E-state index contributed by atoms with van der Waals surface area (Å²) in [6.45, 7) is 2.24. The number of methoxy groups -OCH3 is 1. The van der Waals surface area contributed by atoms with E-state index in [1.165, 1.54) is 24.3 Å². The minimum Gasteiger partial charge on any atom is -0.493 e. The number of carbonyl (C=O) groups is 1. The lowest BCUT2D eigenvalue weighted by Crippen LogP contribution is -2.18. The van der Waals surface area contributed by atoms with E-state index in [9.17, 15) is 17.4 Å². The number of carboxylic acid groups (broad SMARTS) is 1. The molecule has 0 saturated carbocycles. The predicted molar refractivity (Wildman–Crippen MR) is 143 cm³/mol. The van der Waals surface area contributed by atoms with Crippen LogP contribution in [-0.2, 0) is 36.1 Å². The second-order valence-corrected chi connectivity index (χ2v) is 11.5. The summed E-state index contributed by atoms with van der Waals surface area (Å²) in [5.41, 5.74) is 1.83. The Hall–Kier alpha value is -3.81. The van der Waals surface area contributed by atoms with Gasteiger partial charge in [-0.3, -0.25) is 9.19 Å². The van der Waals surface area contributed by atoms with E-state index in [0.29, 0.717) is 42.2 Å². The molecule has 0 aliphatic heterocycles. The molecule has 0 bridgehead atoms. The standard InChI is InChI=1S/C26H27N3O8S2/c1-18-22(27-13-12-24(18)36-15-5-14-35-2)17-38(32)26-28-21-6-3-4-7-23(21)29(26)39(33,34)20-10-8-19(9-11-20)37-16-25(30)31/h3-4,6-13H,5,14-17H2,1-2H3,(H,30,31). The van der Waals surface area contributed by atoms with Crippen molar-refractivity contribution in [1.82, 2.24) is 13.9 Å². The molecule has 0 spiro atoms. The third-order valence-electron chi connectivity index (χ3n) is 5.70. The molecule has 1 unspecified atom stereocenters. The van der Waals surface area contributed by atoms with Gasteiger partial charge in [0.15, 0.2) is 6.61 Å². The van der Waals surface area contributed by atoms with Crippen LogP contribution < -0.4 is 9.47 Å². The number of imidazole rings is 1. The number of nitrogens with zero attached hydrogens (tertiary/aromatic N) is 3. The Kier molecular flexibility index (Phi) is 8.94. The summed E-state index contributed by atoms with van der Waals surface area (Å²) in [6, 6.07) is 13.6. The molecule has 13 heteroatoms. The Balaban J connectivity index is 1.67.